The highest BCUT2D eigenvalue weighted by Gasteiger charge is 1.73. The zero-order valence-electron chi connectivity index (χ0n) is 9.07. The van der Waals surface area contributed by atoms with Crippen molar-refractivity contribution in [2.24, 2.45) is 0 Å². The van der Waals surface area contributed by atoms with E-state index >= 15 is 0 Å². The standard InChI is InChI=1S/C6H12.C3H6.C2H6.CH4/c1-4-6(3)5-2;1-3-2;1-2;/h4H,5H2,1-3H3;3H,1H2,2H3;1-2H3;1H4/b6-4+;;;. The highest BCUT2D eigenvalue weighted by atomic mass is 13.8. The van der Waals surface area contributed by atoms with Crippen molar-refractivity contribution in [3.8, 4) is 0 Å². The van der Waals surface area contributed by atoms with E-state index in [1.54, 1.807) is 6.08 Å². The van der Waals surface area contributed by atoms with Crippen molar-refractivity contribution >= 4 is 0 Å². The first-order valence-electron chi connectivity index (χ1n) is 4.41. The lowest BCUT2D eigenvalue weighted by molar-refractivity contribution is 1.09. The summed E-state index contributed by atoms with van der Waals surface area (Å²) in [6.07, 6.45) is 5.08. The molecule has 0 atom stereocenters. The number of allylic oxidation sites excluding steroid dienone is 3. The van der Waals surface area contributed by atoms with Gasteiger partial charge in [0.2, 0.25) is 0 Å². The highest BCUT2D eigenvalue weighted by molar-refractivity contribution is 4.93. The van der Waals surface area contributed by atoms with Gasteiger partial charge in [0.1, 0.15) is 0 Å². The molecule has 0 saturated carbocycles. The number of rotatable bonds is 1. The van der Waals surface area contributed by atoms with Crippen molar-refractivity contribution in [2.75, 3.05) is 0 Å². The van der Waals surface area contributed by atoms with Crippen LogP contribution in [-0.4, -0.2) is 0 Å². The minimum atomic E-state index is 0. The maximum absolute atomic E-state index is 3.36. The van der Waals surface area contributed by atoms with Crippen LogP contribution < -0.4 is 0 Å². The molecule has 0 amide bonds. The summed E-state index contributed by atoms with van der Waals surface area (Å²) in [5.74, 6) is 0. The second-order valence-electron chi connectivity index (χ2n) is 1.90. The lowest BCUT2D eigenvalue weighted by Gasteiger charge is -1.85. The SMILES string of the molecule is C.C/C=C(\C)CC.C=CC.CC. The van der Waals surface area contributed by atoms with E-state index in [2.05, 4.69) is 33.4 Å². The van der Waals surface area contributed by atoms with E-state index in [0.29, 0.717) is 0 Å². The molecule has 0 aliphatic carbocycles. The average molecular weight is 172 g/mol. The summed E-state index contributed by atoms with van der Waals surface area (Å²) in [6.45, 7) is 15.6. The van der Waals surface area contributed by atoms with E-state index in [1.165, 1.54) is 12.0 Å². The van der Waals surface area contributed by atoms with Gasteiger partial charge >= 0.3 is 0 Å². The molecule has 0 aromatic rings. The van der Waals surface area contributed by atoms with E-state index in [-0.39, 0.29) is 7.43 Å². The van der Waals surface area contributed by atoms with Crippen LogP contribution in [0.25, 0.3) is 0 Å². The molecule has 76 valence electrons. The van der Waals surface area contributed by atoms with Gasteiger partial charge in [-0.1, -0.05) is 45.9 Å². The fraction of sp³-hybridized carbons (Fsp3) is 0.667. The van der Waals surface area contributed by atoms with E-state index in [0.717, 1.165) is 0 Å². The molecule has 12 heavy (non-hydrogen) atoms. The molecular weight excluding hydrogens is 144 g/mol. The van der Waals surface area contributed by atoms with Crippen molar-refractivity contribution in [3.05, 3.63) is 24.3 Å². The third-order valence-corrected chi connectivity index (χ3v) is 1.05. The molecule has 0 N–H and O–H groups in total. The van der Waals surface area contributed by atoms with Gasteiger partial charge in [0.15, 0.2) is 0 Å². The summed E-state index contributed by atoms with van der Waals surface area (Å²) in [4.78, 5) is 0. The Kier molecular flexibility index (Phi) is 58.9. The quantitative estimate of drug-likeness (QED) is 0.476. The lowest BCUT2D eigenvalue weighted by atomic mass is 10.2. The zero-order valence-corrected chi connectivity index (χ0v) is 9.07. The van der Waals surface area contributed by atoms with E-state index in [9.17, 15) is 0 Å². The predicted molar refractivity (Wildman–Crippen MR) is 63.7 cm³/mol. The normalized spacial score (nSPS) is 7.67. The summed E-state index contributed by atoms with van der Waals surface area (Å²) < 4.78 is 0. The molecule has 0 fully saturated rings. The molecule has 0 aliphatic rings. The largest absolute Gasteiger partial charge is 0.103 e. The molecule has 0 unspecified atom stereocenters. The van der Waals surface area contributed by atoms with Crippen molar-refractivity contribution in [3.63, 3.8) is 0 Å². The first-order valence-corrected chi connectivity index (χ1v) is 4.41. The Balaban J connectivity index is -0.0000000462. The Bertz CT molecular complexity index is 78.0. The van der Waals surface area contributed by atoms with Crippen LogP contribution in [-0.2, 0) is 0 Å². The Morgan fingerprint density at radius 2 is 1.50 bits per heavy atom. The molecule has 0 aromatic heterocycles. The van der Waals surface area contributed by atoms with Crippen LogP contribution in [0, 0.1) is 0 Å². The third kappa shape index (κ3) is 56.3. The van der Waals surface area contributed by atoms with Gasteiger partial charge in [-0.3, -0.25) is 0 Å². The highest BCUT2D eigenvalue weighted by Crippen LogP contribution is 1.94. The van der Waals surface area contributed by atoms with Gasteiger partial charge in [0, 0.05) is 0 Å². The molecule has 0 radical (unpaired) electrons. The zero-order chi connectivity index (χ0) is 9.70. The van der Waals surface area contributed by atoms with Crippen LogP contribution in [0.15, 0.2) is 24.3 Å². The molecule has 0 rings (SSSR count). The van der Waals surface area contributed by atoms with Gasteiger partial charge in [-0.2, -0.15) is 0 Å². The Morgan fingerprint density at radius 1 is 1.25 bits per heavy atom. The molecule has 0 aliphatic heterocycles. The second kappa shape index (κ2) is 31.4. The maximum atomic E-state index is 3.36. The summed E-state index contributed by atoms with van der Waals surface area (Å²) in [5, 5.41) is 0. The van der Waals surface area contributed by atoms with Crippen LogP contribution in [0.5, 0.6) is 0 Å². The van der Waals surface area contributed by atoms with E-state index < -0.39 is 0 Å². The Labute approximate surface area is 80.4 Å². The topological polar surface area (TPSA) is 0 Å². The smallest absolute Gasteiger partial charge is 0.0352 e. The summed E-state index contributed by atoms with van der Waals surface area (Å²) >= 11 is 0. The average Bonchev–Trinajstić information content (AvgIpc) is 2.08. The Hall–Kier alpha value is -0.520. The van der Waals surface area contributed by atoms with Crippen molar-refractivity contribution < 1.29 is 0 Å². The minimum Gasteiger partial charge on any atom is -0.103 e. The molecule has 0 bridgehead atoms. The predicted octanol–water partition coefficient (Wildman–Crippen LogP) is 5.22. The van der Waals surface area contributed by atoms with Crippen molar-refractivity contribution in [1.82, 2.24) is 0 Å². The molecule has 0 heteroatoms. The van der Waals surface area contributed by atoms with Gasteiger partial charge in [-0.25, -0.2) is 0 Å². The monoisotopic (exact) mass is 172 g/mol. The fourth-order valence-electron chi connectivity index (χ4n) is 0.204. The minimum absolute atomic E-state index is 0. The van der Waals surface area contributed by atoms with Crippen LogP contribution in [0.2, 0.25) is 0 Å². The summed E-state index contributed by atoms with van der Waals surface area (Å²) in [6, 6.07) is 0. The number of hydrogen-bond acceptors (Lipinski definition) is 0. The van der Waals surface area contributed by atoms with Crippen LogP contribution in [0.3, 0.4) is 0 Å². The van der Waals surface area contributed by atoms with Gasteiger partial charge in [-0.05, 0) is 27.2 Å². The first-order chi connectivity index (χ1) is 5.22. The van der Waals surface area contributed by atoms with Crippen molar-refractivity contribution in [1.29, 1.82) is 0 Å². The summed E-state index contributed by atoms with van der Waals surface area (Å²) in [7, 11) is 0. The van der Waals surface area contributed by atoms with Gasteiger partial charge in [0.05, 0.1) is 0 Å². The molecule has 0 nitrogen and oxygen atoms in total. The maximum Gasteiger partial charge on any atom is -0.0352 e. The molecule has 0 heterocycles. The number of hydrogen-bond donors (Lipinski definition) is 0. The summed E-state index contributed by atoms with van der Waals surface area (Å²) in [5.41, 5.74) is 1.47. The molecule has 0 spiro atoms. The van der Waals surface area contributed by atoms with E-state index in [4.69, 9.17) is 0 Å². The van der Waals surface area contributed by atoms with Gasteiger partial charge < -0.3 is 0 Å². The first kappa shape index (κ1) is 22.5. The van der Waals surface area contributed by atoms with Crippen molar-refractivity contribution in [2.45, 2.75) is 55.4 Å². The molecule has 0 saturated heterocycles. The van der Waals surface area contributed by atoms with E-state index in [1.807, 2.05) is 20.8 Å². The van der Waals surface area contributed by atoms with Gasteiger partial charge in [-0.15, -0.1) is 6.58 Å². The lowest BCUT2D eigenvalue weighted by Crippen LogP contribution is -1.63. The van der Waals surface area contributed by atoms with Crippen LogP contribution in [0.1, 0.15) is 55.4 Å². The van der Waals surface area contributed by atoms with Gasteiger partial charge in [0.25, 0.3) is 0 Å². The van der Waals surface area contributed by atoms with Crippen LogP contribution >= 0.6 is 0 Å². The third-order valence-electron chi connectivity index (χ3n) is 1.05. The Morgan fingerprint density at radius 3 is 1.50 bits per heavy atom. The molecular formula is C12H28. The molecule has 0 aromatic carbocycles. The second-order valence-corrected chi connectivity index (χ2v) is 1.90. The fourth-order valence-corrected chi connectivity index (χ4v) is 0.204. The van der Waals surface area contributed by atoms with Crippen LogP contribution in [0.4, 0.5) is 0 Å².